The first-order chi connectivity index (χ1) is 14.1. The van der Waals surface area contributed by atoms with Gasteiger partial charge in [0.15, 0.2) is 0 Å². The third-order valence-electron chi connectivity index (χ3n) is 5.49. The van der Waals surface area contributed by atoms with Crippen LogP contribution >= 0.6 is 0 Å². The fourth-order valence-corrected chi connectivity index (χ4v) is 3.85. The van der Waals surface area contributed by atoms with Gasteiger partial charge in [0.2, 0.25) is 5.91 Å². The Morgan fingerprint density at radius 3 is 2.38 bits per heavy atom. The second kappa shape index (κ2) is 8.43. The second-order valence-electron chi connectivity index (χ2n) is 7.46. The number of rotatable bonds is 4. The Labute approximate surface area is 169 Å². The van der Waals surface area contributed by atoms with Crippen LogP contribution in [0.25, 0.3) is 10.8 Å². The van der Waals surface area contributed by atoms with Gasteiger partial charge in [-0.1, -0.05) is 48.5 Å². The fraction of sp³-hybridized carbons (Fsp3) is 0.250. The lowest BCUT2D eigenvalue weighted by molar-refractivity contribution is -0.131. The lowest BCUT2D eigenvalue weighted by atomic mass is 10.0. The molecule has 148 valence electrons. The van der Waals surface area contributed by atoms with Gasteiger partial charge < -0.3 is 10.2 Å². The highest BCUT2D eigenvalue weighted by atomic mass is 19.1. The molecule has 1 aliphatic rings. The van der Waals surface area contributed by atoms with Gasteiger partial charge in [0, 0.05) is 24.7 Å². The molecular formula is C24H23FN2O2. The predicted molar refractivity (Wildman–Crippen MR) is 111 cm³/mol. The minimum absolute atomic E-state index is 0.0374. The molecule has 0 bridgehead atoms. The molecule has 1 fully saturated rings. The molecule has 0 radical (unpaired) electrons. The third kappa shape index (κ3) is 4.45. The van der Waals surface area contributed by atoms with Gasteiger partial charge in [-0.15, -0.1) is 0 Å². The van der Waals surface area contributed by atoms with Crippen molar-refractivity contribution in [2.75, 3.05) is 13.1 Å². The van der Waals surface area contributed by atoms with Crippen molar-refractivity contribution < 1.29 is 14.0 Å². The number of hydrogen-bond acceptors (Lipinski definition) is 2. The predicted octanol–water partition coefficient (Wildman–Crippen LogP) is 3.94. The maximum absolute atomic E-state index is 13.0. The quantitative estimate of drug-likeness (QED) is 0.734. The number of likely N-dealkylation sites (tertiary alicyclic amines) is 1. The second-order valence-corrected chi connectivity index (χ2v) is 7.46. The smallest absolute Gasteiger partial charge is 0.252 e. The molecule has 4 nitrogen and oxygen atoms in total. The molecule has 0 spiro atoms. The maximum atomic E-state index is 13.0. The van der Waals surface area contributed by atoms with Gasteiger partial charge in [0.25, 0.3) is 5.91 Å². The monoisotopic (exact) mass is 390 g/mol. The molecular weight excluding hydrogens is 367 g/mol. The molecule has 4 rings (SSSR count). The number of carbonyl (C=O) groups is 2. The first-order valence-electron chi connectivity index (χ1n) is 9.91. The van der Waals surface area contributed by atoms with Crippen molar-refractivity contribution >= 4 is 22.6 Å². The van der Waals surface area contributed by atoms with Crippen LogP contribution in [0.1, 0.15) is 28.8 Å². The van der Waals surface area contributed by atoms with Gasteiger partial charge in [0.1, 0.15) is 5.82 Å². The van der Waals surface area contributed by atoms with Crippen LogP contribution in [0.2, 0.25) is 0 Å². The van der Waals surface area contributed by atoms with Gasteiger partial charge in [-0.25, -0.2) is 4.39 Å². The highest BCUT2D eigenvalue weighted by molar-refractivity contribution is 6.07. The van der Waals surface area contributed by atoms with E-state index < -0.39 is 0 Å². The molecule has 0 aromatic heterocycles. The number of benzene rings is 3. The number of carbonyl (C=O) groups excluding carboxylic acids is 2. The normalized spacial score (nSPS) is 14.7. The minimum atomic E-state index is -0.302. The number of piperidine rings is 1. The number of hydrogen-bond donors (Lipinski definition) is 1. The zero-order valence-electron chi connectivity index (χ0n) is 16.1. The lowest BCUT2D eigenvalue weighted by Crippen LogP contribution is -2.47. The van der Waals surface area contributed by atoms with Crippen molar-refractivity contribution in [3.8, 4) is 0 Å². The van der Waals surface area contributed by atoms with E-state index in [2.05, 4.69) is 5.32 Å². The standard InChI is InChI=1S/C24H23FN2O2/c25-19-10-8-17(9-11-19)16-23(28)27-14-12-20(13-15-27)26-24(29)22-7-3-5-18-4-1-2-6-21(18)22/h1-11,20H,12-16H2,(H,26,29). The van der Waals surface area contributed by atoms with Crippen LogP contribution in [-0.2, 0) is 11.2 Å². The van der Waals surface area contributed by atoms with Crippen LogP contribution in [0.4, 0.5) is 4.39 Å². The van der Waals surface area contributed by atoms with Gasteiger partial charge in [-0.05, 0) is 47.4 Å². The highest BCUT2D eigenvalue weighted by Gasteiger charge is 2.24. The molecule has 29 heavy (non-hydrogen) atoms. The van der Waals surface area contributed by atoms with Crippen LogP contribution in [0, 0.1) is 5.82 Å². The Morgan fingerprint density at radius 2 is 1.62 bits per heavy atom. The summed E-state index contributed by atoms with van der Waals surface area (Å²) in [5, 5.41) is 5.11. The van der Waals surface area contributed by atoms with Crippen molar-refractivity contribution in [1.82, 2.24) is 10.2 Å². The molecule has 1 N–H and O–H groups in total. The van der Waals surface area contributed by atoms with Gasteiger partial charge >= 0.3 is 0 Å². The molecule has 2 amide bonds. The average Bonchev–Trinajstić information content (AvgIpc) is 2.75. The van der Waals surface area contributed by atoms with Gasteiger partial charge in [-0.3, -0.25) is 9.59 Å². The molecule has 1 aliphatic heterocycles. The molecule has 0 saturated carbocycles. The topological polar surface area (TPSA) is 49.4 Å². The third-order valence-corrected chi connectivity index (χ3v) is 5.49. The van der Waals surface area contributed by atoms with E-state index in [1.165, 1.54) is 12.1 Å². The maximum Gasteiger partial charge on any atom is 0.252 e. The number of nitrogens with zero attached hydrogens (tertiary/aromatic N) is 1. The summed E-state index contributed by atoms with van der Waals surface area (Å²) < 4.78 is 13.0. The van der Waals surface area contributed by atoms with E-state index >= 15 is 0 Å². The van der Waals surface area contributed by atoms with Crippen molar-refractivity contribution in [1.29, 1.82) is 0 Å². The van der Waals surface area contributed by atoms with Crippen molar-refractivity contribution in [2.24, 2.45) is 0 Å². The average molecular weight is 390 g/mol. The summed E-state index contributed by atoms with van der Waals surface area (Å²) in [5.74, 6) is -0.336. The number of nitrogens with one attached hydrogen (secondary N) is 1. The minimum Gasteiger partial charge on any atom is -0.349 e. The molecule has 1 heterocycles. The Kier molecular flexibility index (Phi) is 5.56. The molecule has 3 aromatic carbocycles. The Hall–Kier alpha value is -3.21. The Balaban J connectivity index is 1.33. The van der Waals surface area contributed by atoms with E-state index in [0.29, 0.717) is 18.7 Å². The summed E-state index contributed by atoms with van der Waals surface area (Å²) in [6.07, 6.45) is 1.73. The van der Waals surface area contributed by atoms with Crippen LogP contribution in [0.5, 0.6) is 0 Å². The van der Waals surface area contributed by atoms with Gasteiger partial charge in [0.05, 0.1) is 6.42 Å². The molecule has 0 unspecified atom stereocenters. The van der Waals surface area contributed by atoms with Crippen LogP contribution in [0.15, 0.2) is 66.7 Å². The number of amides is 2. The van der Waals surface area contributed by atoms with Crippen molar-refractivity contribution in [3.63, 3.8) is 0 Å². The Bertz CT molecular complexity index is 1020. The summed E-state index contributed by atoms with van der Waals surface area (Å²) in [4.78, 5) is 27.1. The zero-order chi connectivity index (χ0) is 20.2. The van der Waals surface area contributed by atoms with Crippen molar-refractivity contribution in [2.45, 2.75) is 25.3 Å². The summed E-state index contributed by atoms with van der Waals surface area (Å²) in [6, 6.07) is 19.7. The SMILES string of the molecule is O=C(NC1CCN(C(=O)Cc2ccc(F)cc2)CC1)c1cccc2ccccc12. The van der Waals surface area contributed by atoms with Gasteiger partial charge in [-0.2, -0.15) is 0 Å². The highest BCUT2D eigenvalue weighted by Crippen LogP contribution is 2.19. The van der Waals surface area contributed by atoms with Crippen LogP contribution < -0.4 is 5.32 Å². The van der Waals surface area contributed by atoms with E-state index in [4.69, 9.17) is 0 Å². The van der Waals surface area contributed by atoms with Crippen LogP contribution in [-0.4, -0.2) is 35.8 Å². The molecule has 0 aliphatic carbocycles. The van der Waals surface area contributed by atoms with E-state index in [1.807, 2.05) is 47.4 Å². The van der Waals surface area contributed by atoms with E-state index in [9.17, 15) is 14.0 Å². The van der Waals surface area contributed by atoms with Crippen molar-refractivity contribution in [3.05, 3.63) is 83.7 Å². The molecule has 5 heteroatoms. The largest absolute Gasteiger partial charge is 0.349 e. The van der Waals surface area contributed by atoms with E-state index in [-0.39, 0.29) is 30.1 Å². The molecule has 3 aromatic rings. The Morgan fingerprint density at radius 1 is 0.931 bits per heavy atom. The summed E-state index contributed by atoms with van der Waals surface area (Å²) in [7, 11) is 0. The zero-order valence-corrected chi connectivity index (χ0v) is 16.1. The van der Waals surface area contributed by atoms with Crippen LogP contribution in [0.3, 0.4) is 0 Å². The molecule has 1 saturated heterocycles. The summed E-state index contributed by atoms with van der Waals surface area (Å²) in [6.45, 7) is 1.22. The van der Waals surface area contributed by atoms with E-state index in [0.717, 1.165) is 29.2 Å². The summed E-state index contributed by atoms with van der Waals surface area (Å²) in [5.41, 5.74) is 1.49. The number of fused-ring (bicyclic) bond motifs is 1. The number of halogens is 1. The fourth-order valence-electron chi connectivity index (χ4n) is 3.85. The first-order valence-corrected chi connectivity index (χ1v) is 9.91. The first kappa shape index (κ1) is 19.1. The lowest BCUT2D eigenvalue weighted by Gasteiger charge is -2.32. The summed E-state index contributed by atoms with van der Waals surface area (Å²) >= 11 is 0. The molecule has 0 atom stereocenters. The van der Waals surface area contributed by atoms with E-state index in [1.54, 1.807) is 12.1 Å².